The summed E-state index contributed by atoms with van der Waals surface area (Å²) in [6.07, 6.45) is -4.45. The fraction of sp³-hybridized carbons (Fsp3) is 0.188. The molecule has 24 heavy (non-hydrogen) atoms. The Morgan fingerprint density at radius 1 is 1.21 bits per heavy atom. The zero-order chi connectivity index (χ0) is 17.5. The van der Waals surface area contributed by atoms with Crippen molar-refractivity contribution in [3.63, 3.8) is 0 Å². The van der Waals surface area contributed by atoms with E-state index in [1.807, 2.05) is 0 Å². The minimum absolute atomic E-state index is 0.131. The molecule has 0 aliphatic carbocycles. The fourth-order valence-corrected chi connectivity index (χ4v) is 3.59. The SMILES string of the molecule is CCS(=O)c1ccccc1-n1nc2cc(C(F)(F)F)ccc2c1Cl. The molecular weight excluding hydrogens is 361 g/mol. The molecule has 0 saturated carbocycles. The first-order valence-corrected chi connectivity index (χ1v) is 8.76. The van der Waals surface area contributed by atoms with Crippen LogP contribution in [0.5, 0.6) is 0 Å². The fourth-order valence-electron chi connectivity index (χ4n) is 2.37. The molecular formula is C16H12ClF3N2OS. The summed E-state index contributed by atoms with van der Waals surface area (Å²) in [5.74, 6) is 0.410. The molecule has 0 saturated heterocycles. The molecule has 0 aliphatic rings. The lowest BCUT2D eigenvalue weighted by molar-refractivity contribution is -0.137. The monoisotopic (exact) mass is 372 g/mol. The normalized spacial score (nSPS) is 13.4. The molecule has 3 nitrogen and oxygen atoms in total. The van der Waals surface area contributed by atoms with Crippen molar-refractivity contribution in [2.45, 2.75) is 18.0 Å². The Bertz CT molecular complexity index is 937. The van der Waals surface area contributed by atoms with E-state index in [1.54, 1.807) is 31.2 Å². The van der Waals surface area contributed by atoms with Crippen LogP contribution in [-0.4, -0.2) is 19.7 Å². The van der Waals surface area contributed by atoms with Crippen LogP contribution in [0.2, 0.25) is 5.15 Å². The van der Waals surface area contributed by atoms with Gasteiger partial charge in [0.05, 0.1) is 32.5 Å². The van der Waals surface area contributed by atoms with Gasteiger partial charge in [0.25, 0.3) is 0 Å². The second-order valence-corrected chi connectivity index (χ2v) is 7.10. The van der Waals surface area contributed by atoms with Gasteiger partial charge in [0.2, 0.25) is 0 Å². The van der Waals surface area contributed by atoms with E-state index < -0.39 is 22.5 Å². The van der Waals surface area contributed by atoms with Gasteiger partial charge >= 0.3 is 6.18 Å². The van der Waals surface area contributed by atoms with Crippen molar-refractivity contribution >= 4 is 33.3 Å². The second-order valence-electron chi connectivity index (χ2n) is 5.03. The number of rotatable bonds is 3. The molecule has 0 spiro atoms. The van der Waals surface area contributed by atoms with Crippen LogP contribution in [0, 0.1) is 0 Å². The van der Waals surface area contributed by atoms with E-state index in [4.69, 9.17) is 11.6 Å². The Morgan fingerprint density at radius 2 is 1.92 bits per heavy atom. The van der Waals surface area contributed by atoms with Crippen molar-refractivity contribution in [3.05, 3.63) is 53.2 Å². The zero-order valence-corrected chi connectivity index (χ0v) is 14.0. The smallest absolute Gasteiger partial charge is 0.254 e. The van der Waals surface area contributed by atoms with E-state index >= 15 is 0 Å². The quantitative estimate of drug-likeness (QED) is 0.660. The van der Waals surface area contributed by atoms with Gasteiger partial charge in [-0.3, -0.25) is 4.21 Å². The Kier molecular flexibility index (Phi) is 4.40. The van der Waals surface area contributed by atoms with Gasteiger partial charge in [-0.2, -0.15) is 18.3 Å². The number of fused-ring (bicyclic) bond motifs is 1. The molecule has 3 aromatic rings. The second kappa shape index (κ2) is 6.22. The molecule has 1 atom stereocenters. The molecule has 2 aromatic carbocycles. The number of hydrogen-bond acceptors (Lipinski definition) is 2. The van der Waals surface area contributed by atoms with Gasteiger partial charge in [0.1, 0.15) is 5.15 Å². The highest BCUT2D eigenvalue weighted by atomic mass is 35.5. The van der Waals surface area contributed by atoms with Crippen molar-refractivity contribution in [1.29, 1.82) is 0 Å². The standard InChI is InChI=1S/C16H12ClF3N2OS/c1-2-24(23)14-6-4-3-5-13(14)22-15(17)11-8-7-10(16(18,19)20)9-12(11)21-22/h3-9H,2H2,1H3. The molecule has 0 N–H and O–H groups in total. The van der Waals surface area contributed by atoms with E-state index in [0.717, 1.165) is 12.1 Å². The van der Waals surface area contributed by atoms with Crippen LogP contribution >= 0.6 is 11.6 Å². The molecule has 8 heteroatoms. The van der Waals surface area contributed by atoms with Crippen molar-refractivity contribution < 1.29 is 17.4 Å². The first kappa shape index (κ1) is 17.0. The number of halogens is 4. The Balaban J connectivity index is 2.22. The summed E-state index contributed by atoms with van der Waals surface area (Å²) in [5, 5.41) is 4.77. The van der Waals surface area contributed by atoms with Crippen LogP contribution < -0.4 is 0 Å². The number of benzene rings is 2. The third-order valence-corrected chi connectivity index (χ3v) is 5.27. The Hall–Kier alpha value is -1.86. The van der Waals surface area contributed by atoms with Crippen molar-refractivity contribution in [3.8, 4) is 5.69 Å². The van der Waals surface area contributed by atoms with Crippen LogP contribution in [0.15, 0.2) is 47.4 Å². The molecule has 1 aromatic heterocycles. The van der Waals surface area contributed by atoms with Gasteiger partial charge in [-0.25, -0.2) is 4.68 Å². The summed E-state index contributed by atoms with van der Waals surface area (Å²) < 4.78 is 52.1. The van der Waals surface area contributed by atoms with Gasteiger partial charge in [0.15, 0.2) is 0 Å². The average molecular weight is 373 g/mol. The van der Waals surface area contributed by atoms with E-state index in [-0.39, 0.29) is 10.7 Å². The summed E-state index contributed by atoms with van der Waals surface area (Å²) in [7, 11) is -1.25. The summed E-state index contributed by atoms with van der Waals surface area (Å²) in [4.78, 5) is 0.533. The van der Waals surface area contributed by atoms with Gasteiger partial charge in [0, 0.05) is 11.1 Å². The zero-order valence-electron chi connectivity index (χ0n) is 12.5. The lowest BCUT2D eigenvalue weighted by atomic mass is 10.1. The number of nitrogens with zero attached hydrogens (tertiary/aromatic N) is 2. The first-order valence-electron chi connectivity index (χ1n) is 7.06. The topological polar surface area (TPSA) is 34.9 Å². The highest BCUT2D eigenvalue weighted by Crippen LogP contribution is 2.34. The third-order valence-electron chi connectivity index (χ3n) is 3.54. The Morgan fingerprint density at radius 3 is 2.58 bits per heavy atom. The molecule has 0 radical (unpaired) electrons. The molecule has 1 unspecified atom stereocenters. The Labute approximate surface area is 143 Å². The maximum atomic E-state index is 12.9. The van der Waals surface area contributed by atoms with E-state index in [0.29, 0.717) is 21.7 Å². The molecule has 0 bridgehead atoms. The minimum Gasteiger partial charge on any atom is -0.254 e. The third kappa shape index (κ3) is 2.93. The van der Waals surface area contributed by atoms with Gasteiger partial charge in [-0.15, -0.1) is 0 Å². The summed E-state index contributed by atoms with van der Waals surface area (Å²) >= 11 is 6.30. The molecule has 126 valence electrons. The predicted octanol–water partition coefficient (Wildman–Crippen LogP) is 4.83. The summed E-state index contributed by atoms with van der Waals surface area (Å²) in [5.41, 5.74) is -0.166. The number of alkyl halides is 3. The molecule has 3 rings (SSSR count). The van der Waals surface area contributed by atoms with E-state index in [2.05, 4.69) is 5.10 Å². The highest BCUT2D eigenvalue weighted by Gasteiger charge is 2.31. The molecule has 0 aliphatic heterocycles. The number of aromatic nitrogens is 2. The minimum atomic E-state index is -4.45. The van der Waals surface area contributed by atoms with Gasteiger partial charge in [-0.1, -0.05) is 30.7 Å². The summed E-state index contributed by atoms with van der Waals surface area (Å²) in [6, 6.07) is 10.1. The van der Waals surface area contributed by atoms with Crippen molar-refractivity contribution in [2.75, 3.05) is 5.75 Å². The lowest BCUT2D eigenvalue weighted by Crippen LogP contribution is -2.05. The van der Waals surface area contributed by atoms with Crippen LogP contribution in [0.25, 0.3) is 16.6 Å². The van der Waals surface area contributed by atoms with Crippen LogP contribution in [0.3, 0.4) is 0 Å². The molecule has 0 amide bonds. The number of para-hydroxylation sites is 1. The van der Waals surface area contributed by atoms with Gasteiger partial charge < -0.3 is 0 Å². The van der Waals surface area contributed by atoms with Crippen molar-refractivity contribution in [2.24, 2.45) is 0 Å². The van der Waals surface area contributed by atoms with E-state index in [9.17, 15) is 17.4 Å². The van der Waals surface area contributed by atoms with Crippen LogP contribution in [-0.2, 0) is 17.0 Å². The highest BCUT2D eigenvalue weighted by molar-refractivity contribution is 7.85. The van der Waals surface area contributed by atoms with Crippen LogP contribution in [0.4, 0.5) is 13.2 Å². The van der Waals surface area contributed by atoms with Crippen LogP contribution in [0.1, 0.15) is 12.5 Å². The average Bonchev–Trinajstić information content (AvgIpc) is 2.89. The summed E-state index contributed by atoms with van der Waals surface area (Å²) in [6.45, 7) is 1.78. The first-order chi connectivity index (χ1) is 11.3. The number of hydrogen-bond donors (Lipinski definition) is 0. The lowest BCUT2D eigenvalue weighted by Gasteiger charge is -2.09. The maximum absolute atomic E-state index is 12.9. The maximum Gasteiger partial charge on any atom is 0.416 e. The van der Waals surface area contributed by atoms with E-state index in [1.165, 1.54) is 10.7 Å². The predicted molar refractivity (Wildman–Crippen MR) is 88.0 cm³/mol. The van der Waals surface area contributed by atoms with Crippen molar-refractivity contribution in [1.82, 2.24) is 9.78 Å². The molecule has 0 fully saturated rings. The van der Waals surface area contributed by atoms with Gasteiger partial charge in [-0.05, 0) is 30.3 Å². The largest absolute Gasteiger partial charge is 0.416 e. The molecule has 1 heterocycles.